The third kappa shape index (κ3) is 4.53. The zero-order valence-electron chi connectivity index (χ0n) is 23.0. The van der Waals surface area contributed by atoms with Crippen molar-refractivity contribution in [1.82, 2.24) is 4.31 Å². The Hall–Kier alpha value is -3.16. The Morgan fingerprint density at radius 1 is 0.750 bits per heavy atom. The molecule has 3 aromatic rings. The predicted molar refractivity (Wildman–Crippen MR) is 158 cm³/mol. The van der Waals surface area contributed by atoms with E-state index in [1.54, 1.807) is 12.1 Å². The first-order chi connectivity index (χ1) is 19.5. The highest BCUT2D eigenvalue weighted by atomic mass is 32.2. The van der Waals surface area contributed by atoms with E-state index in [4.69, 9.17) is 0 Å². The molecule has 1 atom stereocenters. The van der Waals surface area contributed by atoms with Crippen molar-refractivity contribution < 1.29 is 13.2 Å². The predicted octanol–water partition coefficient (Wildman–Crippen LogP) is 5.41. The van der Waals surface area contributed by atoms with Gasteiger partial charge in [0, 0.05) is 31.0 Å². The van der Waals surface area contributed by atoms with Crippen molar-refractivity contribution in [1.29, 1.82) is 0 Å². The Bertz CT molecular complexity index is 1530. The van der Waals surface area contributed by atoms with Gasteiger partial charge in [0.25, 0.3) is 0 Å². The van der Waals surface area contributed by atoms with Crippen molar-refractivity contribution in [2.75, 3.05) is 23.3 Å². The van der Waals surface area contributed by atoms with E-state index in [0.29, 0.717) is 6.42 Å². The summed E-state index contributed by atoms with van der Waals surface area (Å²) < 4.78 is 29.8. The maximum atomic E-state index is 14.2. The second kappa shape index (κ2) is 10.3. The minimum Gasteiger partial charge on any atom is -0.372 e. The summed E-state index contributed by atoms with van der Waals surface area (Å²) in [4.78, 5) is 16.7. The molecule has 1 amide bonds. The monoisotopic (exact) mass is 555 g/mol. The smallest absolute Gasteiger partial charge is 0.244 e. The van der Waals surface area contributed by atoms with Crippen LogP contribution in [-0.4, -0.2) is 37.8 Å². The molecular weight excluding hydrogens is 518 g/mol. The summed E-state index contributed by atoms with van der Waals surface area (Å²) in [5, 5.41) is 3.30. The van der Waals surface area contributed by atoms with E-state index in [1.165, 1.54) is 33.0 Å². The Morgan fingerprint density at radius 2 is 1.40 bits per heavy atom. The summed E-state index contributed by atoms with van der Waals surface area (Å²) in [6, 6.07) is 16.7. The Morgan fingerprint density at radius 3 is 2.08 bits per heavy atom. The van der Waals surface area contributed by atoms with Gasteiger partial charge in [0.15, 0.2) is 0 Å². The topological polar surface area (TPSA) is 69.7 Å². The van der Waals surface area contributed by atoms with Crippen LogP contribution in [0.5, 0.6) is 0 Å². The van der Waals surface area contributed by atoms with Gasteiger partial charge in [-0.05, 0) is 122 Å². The van der Waals surface area contributed by atoms with Crippen LogP contribution >= 0.6 is 0 Å². The summed E-state index contributed by atoms with van der Waals surface area (Å²) >= 11 is 0. The molecule has 7 heteroatoms. The molecule has 0 saturated carbocycles. The summed E-state index contributed by atoms with van der Waals surface area (Å²) in [5.74, 6) is -0.225. The molecule has 0 bridgehead atoms. The SMILES string of the molecule is O=C(Nc1c2c(cc3c1CCC3)CCC2)C1Cc2ccccc2CN1S(=O)(=O)c1ccc(N2CCCCC2)cc1. The molecule has 2 aliphatic carbocycles. The summed E-state index contributed by atoms with van der Waals surface area (Å²) in [6.07, 6.45) is 10.2. The van der Waals surface area contributed by atoms with Gasteiger partial charge >= 0.3 is 0 Å². The number of carbonyl (C=O) groups is 1. The average molecular weight is 556 g/mol. The summed E-state index contributed by atoms with van der Waals surface area (Å²) in [7, 11) is -3.91. The van der Waals surface area contributed by atoms with Crippen LogP contribution in [0.25, 0.3) is 0 Å². The lowest BCUT2D eigenvalue weighted by molar-refractivity contribution is -0.120. The van der Waals surface area contributed by atoms with Crippen molar-refractivity contribution in [2.24, 2.45) is 0 Å². The molecule has 1 fully saturated rings. The van der Waals surface area contributed by atoms with E-state index in [-0.39, 0.29) is 17.3 Å². The number of benzene rings is 3. The molecule has 6 nitrogen and oxygen atoms in total. The fraction of sp³-hybridized carbons (Fsp3) is 0.424. The number of aryl methyl sites for hydroxylation is 2. The molecule has 2 heterocycles. The highest BCUT2D eigenvalue weighted by Crippen LogP contribution is 2.39. The largest absolute Gasteiger partial charge is 0.372 e. The maximum Gasteiger partial charge on any atom is 0.244 e. The van der Waals surface area contributed by atoms with Gasteiger partial charge in [-0.25, -0.2) is 8.42 Å². The van der Waals surface area contributed by atoms with Gasteiger partial charge in [0.2, 0.25) is 15.9 Å². The van der Waals surface area contributed by atoms with Gasteiger partial charge < -0.3 is 10.2 Å². The van der Waals surface area contributed by atoms with Crippen LogP contribution in [0.2, 0.25) is 0 Å². The second-order valence-electron chi connectivity index (χ2n) is 11.8. The lowest BCUT2D eigenvalue weighted by atomic mass is 9.94. The van der Waals surface area contributed by atoms with Gasteiger partial charge in [-0.15, -0.1) is 0 Å². The number of fused-ring (bicyclic) bond motifs is 3. The van der Waals surface area contributed by atoms with Gasteiger partial charge in [-0.3, -0.25) is 4.79 Å². The Balaban J connectivity index is 1.22. The van der Waals surface area contributed by atoms with E-state index >= 15 is 0 Å². The van der Waals surface area contributed by atoms with Crippen molar-refractivity contribution in [2.45, 2.75) is 81.7 Å². The van der Waals surface area contributed by atoms with Gasteiger partial charge in [-0.1, -0.05) is 30.3 Å². The second-order valence-corrected chi connectivity index (χ2v) is 13.7. The van der Waals surface area contributed by atoms with Crippen LogP contribution in [-0.2, 0) is 53.5 Å². The number of sulfonamides is 1. The lowest BCUT2D eigenvalue weighted by Crippen LogP contribution is -2.50. The number of hydrogen-bond donors (Lipinski definition) is 1. The zero-order valence-corrected chi connectivity index (χ0v) is 23.8. The van der Waals surface area contributed by atoms with Crippen LogP contribution in [0, 0.1) is 0 Å². The van der Waals surface area contributed by atoms with Gasteiger partial charge in [0.05, 0.1) is 4.90 Å². The highest BCUT2D eigenvalue weighted by molar-refractivity contribution is 7.89. The van der Waals surface area contributed by atoms with E-state index in [2.05, 4.69) is 16.3 Å². The standard InChI is InChI=1S/C33H37N3O3S/c37-33(34-32-29-12-6-10-24(29)20-25-11-7-13-30(25)32)31-21-23-8-2-3-9-26(23)22-36(31)40(38,39)28-16-14-27(15-17-28)35-18-4-1-5-19-35/h2-3,8-9,14-17,20,31H,1,4-7,10-13,18-19,21-22H2,(H,34,37). The molecule has 1 unspecified atom stereocenters. The zero-order chi connectivity index (χ0) is 27.3. The van der Waals surface area contributed by atoms with E-state index in [0.717, 1.165) is 87.0 Å². The number of nitrogens with zero attached hydrogens (tertiary/aromatic N) is 2. The van der Waals surface area contributed by atoms with Crippen LogP contribution in [0.4, 0.5) is 11.4 Å². The quantitative estimate of drug-likeness (QED) is 0.457. The molecule has 1 N–H and O–H groups in total. The number of piperidine rings is 1. The molecule has 0 aromatic heterocycles. The van der Waals surface area contributed by atoms with Crippen molar-refractivity contribution in [3.05, 3.63) is 88.0 Å². The fourth-order valence-corrected chi connectivity index (χ4v) is 8.83. The molecule has 3 aromatic carbocycles. The van der Waals surface area contributed by atoms with Crippen molar-refractivity contribution in [3.8, 4) is 0 Å². The molecule has 208 valence electrons. The summed E-state index contributed by atoms with van der Waals surface area (Å²) in [6.45, 7) is 2.20. The van der Waals surface area contributed by atoms with Gasteiger partial charge in [-0.2, -0.15) is 4.31 Å². The minimum atomic E-state index is -3.91. The maximum absolute atomic E-state index is 14.2. The average Bonchev–Trinajstić information content (AvgIpc) is 3.66. The van der Waals surface area contributed by atoms with E-state index in [9.17, 15) is 13.2 Å². The van der Waals surface area contributed by atoms with Crippen LogP contribution in [0.3, 0.4) is 0 Å². The number of hydrogen-bond acceptors (Lipinski definition) is 4. The molecule has 0 radical (unpaired) electrons. The normalized spacial score (nSPS) is 20.6. The Labute approximate surface area is 237 Å². The lowest BCUT2D eigenvalue weighted by Gasteiger charge is -2.35. The first kappa shape index (κ1) is 25.8. The molecule has 4 aliphatic rings. The number of carbonyl (C=O) groups excluding carboxylic acids is 1. The van der Waals surface area contributed by atoms with Crippen LogP contribution < -0.4 is 10.2 Å². The number of rotatable bonds is 5. The number of amides is 1. The fourth-order valence-electron chi connectivity index (χ4n) is 7.27. The summed E-state index contributed by atoms with van der Waals surface area (Å²) in [5.41, 5.74) is 9.24. The first-order valence-corrected chi connectivity index (χ1v) is 16.3. The molecular formula is C33H37N3O3S. The van der Waals surface area contributed by atoms with E-state index < -0.39 is 16.1 Å². The van der Waals surface area contributed by atoms with Crippen molar-refractivity contribution >= 4 is 27.3 Å². The molecule has 0 spiro atoms. The molecule has 40 heavy (non-hydrogen) atoms. The minimum absolute atomic E-state index is 0.190. The molecule has 7 rings (SSSR count). The van der Waals surface area contributed by atoms with Crippen molar-refractivity contribution in [3.63, 3.8) is 0 Å². The third-order valence-electron chi connectivity index (χ3n) is 9.39. The first-order valence-electron chi connectivity index (χ1n) is 14.9. The van der Waals surface area contributed by atoms with Gasteiger partial charge in [0.1, 0.15) is 6.04 Å². The highest BCUT2D eigenvalue weighted by Gasteiger charge is 2.40. The number of nitrogens with one attached hydrogen (secondary N) is 1. The molecule has 2 aliphatic heterocycles. The number of anilines is 2. The Kier molecular flexibility index (Phi) is 6.67. The third-order valence-corrected chi connectivity index (χ3v) is 11.3. The molecule has 1 saturated heterocycles. The van der Waals surface area contributed by atoms with Crippen LogP contribution in [0.15, 0.2) is 59.5 Å². The van der Waals surface area contributed by atoms with E-state index in [1.807, 2.05) is 36.4 Å². The van der Waals surface area contributed by atoms with Crippen LogP contribution in [0.1, 0.15) is 65.5 Å².